The second kappa shape index (κ2) is 51.6. The van der Waals surface area contributed by atoms with Crippen LogP contribution < -0.4 is 4.74 Å². The standard InChI is InChI=1S/C20H25F3O2.C20H32O3.C20H28O.C16H26O.CH4/c1-2-3-4-5-6-7-8-9-13-18-19(25-18)15-24-17-12-10-11-16(14-17)20(21,22)23;1-2-3-4-5-9-12-15-18-19(23-18)16-13-10-7-6-8-11-14-17-20(21)22;1-2-3-4-5-6-7-8-12-15-19-20(21-19)17-16-18-13-10-9-11-14-18;1-3-5-7-8-9-10-11-12-14-16-15(17-16)13-6-4-2;/h5-6,8-12,14,18-19H,2-4,7,13,15H2,1H3;6,8-10,12-13,18-19H,2-5,7,11,14-17H2,1H3,(H,21,22);5-6,8-14,19-20H,2-4,7,15-17H2,1H3;4,6,8-9,11-12,15-16H,3,5,7,10,13-14H2,1-2H3;1H4/b6-5-,9-8-;8-6-,12-9-,13-10-;6-5-,12-8-;6-4-,9-8-,12-11-;/t2*18-,19+;19-,20+;15-,16+;/m1010./s1. The molecule has 7 nitrogen and oxygen atoms in total. The van der Waals surface area contributed by atoms with Crippen molar-refractivity contribution in [2.24, 2.45) is 0 Å². The van der Waals surface area contributed by atoms with E-state index in [2.05, 4.69) is 186 Å². The quantitative estimate of drug-likeness (QED) is 0.0401. The lowest BCUT2D eigenvalue weighted by Crippen LogP contribution is -2.09. The number of hydrogen-bond acceptors (Lipinski definition) is 6. The molecule has 4 saturated heterocycles. The molecule has 0 spiro atoms. The summed E-state index contributed by atoms with van der Waals surface area (Å²) in [6, 6.07) is 15.6. The first kappa shape index (κ1) is 77.8. The van der Waals surface area contributed by atoms with E-state index < -0.39 is 17.7 Å². The number of carbonyl (C=O) groups is 1. The summed E-state index contributed by atoms with van der Waals surface area (Å²) in [5.74, 6) is -0.495. The molecule has 8 atom stereocenters. The monoisotopic (exact) mass is 1210 g/mol. The van der Waals surface area contributed by atoms with Gasteiger partial charge in [-0.1, -0.05) is 244 Å². The molecule has 6 rings (SSSR count). The predicted octanol–water partition coefficient (Wildman–Crippen LogP) is 22.3. The zero-order valence-electron chi connectivity index (χ0n) is 53.4. The van der Waals surface area contributed by atoms with Crippen molar-refractivity contribution in [3.05, 3.63) is 187 Å². The van der Waals surface area contributed by atoms with Gasteiger partial charge in [0.25, 0.3) is 0 Å². The minimum absolute atomic E-state index is 0. The van der Waals surface area contributed by atoms with Crippen LogP contribution in [0.5, 0.6) is 5.75 Å². The van der Waals surface area contributed by atoms with Gasteiger partial charge in [0, 0.05) is 6.42 Å². The highest BCUT2D eigenvalue weighted by Crippen LogP contribution is 2.34. The van der Waals surface area contributed by atoms with Crippen molar-refractivity contribution in [2.45, 2.75) is 277 Å². The van der Waals surface area contributed by atoms with Crippen LogP contribution in [0.4, 0.5) is 13.2 Å². The summed E-state index contributed by atoms with van der Waals surface area (Å²) in [5.41, 5.74) is 0.715. The van der Waals surface area contributed by atoms with Gasteiger partial charge in [-0.15, -0.1) is 0 Å². The molecular weight excluding hydrogens is 1090 g/mol. The van der Waals surface area contributed by atoms with Gasteiger partial charge in [-0.3, -0.25) is 4.79 Å². The first-order valence-corrected chi connectivity index (χ1v) is 33.2. The highest BCUT2D eigenvalue weighted by molar-refractivity contribution is 5.66. The Kier molecular flexibility index (Phi) is 46.2. The number of carboxylic acids is 1. The number of hydrogen-bond donors (Lipinski definition) is 1. The van der Waals surface area contributed by atoms with Crippen molar-refractivity contribution in [1.82, 2.24) is 0 Å². The van der Waals surface area contributed by atoms with Gasteiger partial charge in [-0.25, -0.2) is 0 Å². The number of rotatable bonds is 43. The molecule has 4 aliphatic heterocycles. The van der Waals surface area contributed by atoms with Gasteiger partial charge in [-0.2, -0.15) is 13.2 Å². The van der Waals surface area contributed by atoms with E-state index >= 15 is 0 Å². The number of epoxide rings is 4. The molecule has 4 heterocycles. The van der Waals surface area contributed by atoms with Crippen molar-refractivity contribution < 1.29 is 46.8 Å². The maximum Gasteiger partial charge on any atom is 0.416 e. The summed E-state index contributed by atoms with van der Waals surface area (Å²) in [7, 11) is 0. The number of aliphatic carboxylic acids is 1. The van der Waals surface area contributed by atoms with Gasteiger partial charge in [0.1, 0.15) is 18.5 Å². The van der Waals surface area contributed by atoms with Crippen LogP contribution in [0.25, 0.3) is 0 Å². The molecule has 0 radical (unpaired) electrons. The van der Waals surface area contributed by atoms with E-state index in [0.29, 0.717) is 36.6 Å². The summed E-state index contributed by atoms with van der Waals surface area (Å²) in [5, 5.41) is 8.52. The second-order valence-corrected chi connectivity index (χ2v) is 22.6. The Morgan fingerprint density at radius 1 is 0.471 bits per heavy atom. The summed E-state index contributed by atoms with van der Waals surface area (Å²) in [6.45, 7) is 11.2. The Morgan fingerprint density at radius 2 is 0.862 bits per heavy atom. The lowest BCUT2D eigenvalue weighted by atomic mass is 10.1. The number of ether oxygens (including phenoxy) is 5. The van der Waals surface area contributed by atoms with Crippen LogP contribution in [0.3, 0.4) is 0 Å². The molecular formula is C77H115F3O7. The second-order valence-electron chi connectivity index (χ2n) is 22.6. The molecule has 0 amide bonds. The zero-order chi connectivity index (χ0) is 62.0. The van der Waals surface area contributed by atoms with Gasteiger partial charge in [0.05, 0.1) is 48.3 Å². The van der Waals surface area contributed by atoms with Gasteiger partial charge >= 0.3 is 12.1 Å². The topological polar surface area (TPSA) is 96.6 Å². The highest BCUT2D eigenvalue weighted by atomic mass is 19.4. The van der Waals surface area contributed by atoms with Crippen LogP contribution in [0.2, 0.25) is 0 Å². The Hall–Kier alpha value is -5.26. The number of halogens is 3. The van der Waals surface area contributed by atoms with E-state index in [-0.39, 0.29) is 38.4 Å². The molecule has 0 aliphatic carbocycles. The van der Waals surface area contributed by atoms with E-state index in [1.54, 1.807) is 0 Å². The number of alkyl halides is 3. The molecule has 0 saturated carbocycles. The molecule has 2 aromatic rings. The highest BCUT2D eigenvalue weighted by Gasteiger charge is 2.39. The number of unbranched alkanes of at least 4 members (excludes halogenated alkanes) is 10. The van der Waals surface area contributed by atoms with Crippen LogP contribution in [0.1, 0.15) is 227 Å². The lowest BCUT2D eigenvalue weighted by Gasteiger charge is -2.09. The smallest absolute Gasteiger partial charge is 0.416 e. The Balaban J connectivity index is 0.000000397. The molecule has 1 N–H and O–H groups in total. The molecule has 0 aromatic heterocycles. The summed E-state index contributed by atoms with van der Waals surface area (Å²) in [4.78, 5) is 10.3. The molecule has 10 heteroatoms. The normalized spacial score (nSPS) is 21.3. The molecule has 0 unspecified atom stereocenters. The molecule has 486 valence electrons. The minimum atomic E-state index is -4.35. The largest absolute Gasteiger partial charge is 0.491 e. The SMILES string of the molecule is C.C/C=C\C[C@@H]1O[C@@H]1C/C=C\C/C=C\CCCC.CCCC/C=C\C/C=C\C[C@H]1O[C@H]1CCc1ccccc1.CCCC/C=C\C/C=C\C[C@H]1O[C@H]1COc1cccc(C(F)(F)F)c1.CCCCC/C=C\C[C@@H]1O[C@@H]1C/C=C\C/C=C\CCCC(=O)O. The number of carboxylic acid groups (broad SMARTS) is 1. The number of allylic oxidation sites excluding steroid dienone is 14. The van der Waals surface area contributed by atoms with Crippen LogP contribution in [-0.4, -0.2) is 66.5 Å². The summed E-state index contributed by atoms with van der Waals surface area (Å²) < 4.78 is 65.7. The van der Waals surface area contributed by atoms with E-state index in [4.69, 9.17) is 28.8 Å². The average Bonchev–Trinajstić information content (AvgIpc) is 4.08. The number of aryl methyl sites for hydroxylation is 1. The van der Waals surface area contributed by atoms with Crippen LogP contribution in [0, 0.1) is 0 Å². The maximum atomic E-state index is 12.6. The van der Waals surface area contributed by atoms with Crippen molar-refractivity contribution in [3.63, 3.8) is 0 Å². The minimum Gasteiger partial charge on any atom is -0.491 e. The van der Waals surface area contributed by atoms with Gasteiger partial charge in [0.15, 0.2) is 0 Å². The first-order valence-electron chi connectivity index (χ1n) is 33.2. The molecule has 87 heavy (non-hydrogen) atoms. The van der Waals surface area contributed by atoms with E-state index in [9.17, 15) is 18.0 Å². The molecule has 4 fully saturated rings. The third-order valence-electron chi connectivity index (χ3n) is 14.8. The van der Waals surface area contributed by atoms with Gasteiger partial charge < -0.3 is 28.8 Å². The fraction of sp³-hybridized carbons (Fsp3) is 0.571. The average molecular weight is 1210 g/mol. The van der Waals surface area contributed by atoms with Crippen molar-refractivity contribution >= 4 is 5.97 Å². The lowest BCUT2D eigenvalue weighted by molar-refractivity contribution is -0.138. The first-order chi connectivity index (χ1) is 42.0. The summed E-state index contributed by atoms with van der Waals surface area (Å²) in [6.07, 6.45) is 72.9. The maximum absolute atomic E-state index is 12.6. The van der Waals surface area contributed by atoms with E-state index in [0.717, 1.165) is 108 Å². The molecule has 2 aromatic carbocycles. The van der Waals surface area contributed by atoms with Gasteiger partial charge in [0.2, 0.25) is 0 Å². The zero-order valence-corrected chi connectivity index (χ0v) is 53.4. The van der Waals surface area contributed by atoms with Crippen molar-refractivity contribution in [1.29, 1.82) is 0 Å². The van der Waals surface area contributed by atoms with E-state index in [1.807, 2.05) is 0 Å². The Bertz CT molecular complexity index is 2310. The molecule has 0 bridgehead atoms. The van der Waals surface area contributed by atoms with Crippen molar-refractivity contribution in [2.75, 3.05) is 6.61 Å². The third-order valence-corrected chi connectivity index (χ3v) is 14.8. The Morgan fingerprint density at radius 3 is 1.32 bits per heavy atom. The van der Waals surface area contributed by atoms with Gasteiger partial charge in [-0.05, 0) is 153 Å². The fourth-order valence-electron chi connectivity index (χ4n) is 9.20. The number of benzene rings is 2. The van der Waals surface area contributed by atoms with E-state index in [1.165, 1.54) is 94.7 Å². The summed E-state index contributed by atoms with van der Waals surface area (Å²) >= 11 is 0. The van der Waals surface area contributed by atoms with Crippen LogP contribution in [0.15, 0.2) is 176 Å². The Labute approximate surface area is 526 Å². The third kappa shape index (κ3) is 43.9. The van der Waals surface area contributed by atoms with Crippen LogP contribution in [-0.2, 0) is 36.3 Å². The fourth-order valence-corrected chi connectivity index (χ4v) is 9.20. The van der Waals surface area contributed by atoms with Crippen molar-refractivity contribution in [3.8, 4) is 5.75 Å². The predicted molar refractivity (Wildman–Crippen MR) is 361 cm³/mol. The molecule has 4 aliphatic rings. The van der Waals surface area contributed by atoms with Crippen LogP contribution >= 0.6 is 0 Å².